The summed E-state index contributed by atoms with van der Waals surface area (Å²) in [5, 5.41) is 0. The van der Waals surface area contributed by atoms with Gasteiger partial charge >= 0.3 is 0 Å². The average Bonchev–Trinajstić information content (AvgIpc) is 3.21. The summed E-state index contributed by atoms with van der Waals surface area (Å²) < 4.78 is 17.2. The first-order valence-corrected chi connectivity index (χ1v) is 9.42. The van der Waals surface area contributed by atoms with Gasteiger partial charge in [0.25, 0.3) is 5.91 Å². The largest absolute Gasteiger partial charge is 0.492 e. The topological polar surface area (TPSA) is 48.0 Å². The van der Waals surface area contributed by atoms with Crippen LogP contribution in [-0.4, -0.2) is 50.3 Å². The number of likely N-dealkylation sites (N-methyl/N-ethyl adjacent to an activating group) is 1. The van der Waals surface area contributed by atoms with Gasteiger partial charge in [0.15, 0.2) is 0 Å². The minimum Gasteiger partial charge on any atom is -0.492 e. The van der Waals surface area contributed by atoms with E-state index < -0.39 is 0 Å². The van der Waals surface area contributed by atoms with E-state index >= 15 is 0 Å². The van der Waals surface area contributed by atoms with Gasteiger partial charge in [-0.25, -0.2) is 0 Å². The lowest BCUT2D eigenvalue weighted by molar-refractivity contribution is 0.0655. The van der Waals surface area contributed by atoms with Gasteiger partial charge in [-0.15, -0.1) is 0 Å². The number of hydrogen-bond donors (Lipinski definition) is 0. The number of amides is 1. The normalized spacial score (nSPS) is 16.1. The Balaban J connectivity index is 1.53. The van der Waals surface area contributed by atoms with Crippen LogP contribution < -0.4 is 9.47 Å². The zero-order chi connectivity index (χ0) is 19.1. The number of carbonyl (C=O) groups excluding carboxylic acids is 1. The highest BCUT2D eigenvalue weighted by Gasteiger charge is 2.20. The number of aryl methyl sites for hydroxylation is 1. The number of carbonyl (C=O) groups is 1. The lowest BCUT2D eigenvalue weighted by atomic mass is 10.1. The first-order chi connectivity index (χ1) is 13.1. The second-order valence-corrected chi connectivity index (χ2v) is 6.83. The van der Waals surface area contributed by atoms with Gasteiger partial charge in [-0.3, -0.25) is 4.79 Å². The van der Waals surface area contributed by atoms with Crippen molar-refractivity contribution in [2.75, 3.05) is 33.4 Å². The molecule has 27 heavy (non-hydrogen) atoms. The third-order valence-corrected chi connectivity index (χ3v) is 4.63. The Morgan fingerprint density at radius 2 is 1.93 bits per heavy atom. The molecule has 3 rings (SSSR count). The Hall–Kier alpha value is -2.53. The molecule has 0 radical (unpaired) electrons. The van der Waals surface area contributed by atoms with Crippen molar-refractivity contribution in [2.24, 2.45) is 0 Å². The monoisotopic (exact) mass is 369 g/mol. The Bertz CT molecular complexity index is 738. The summed E-state index contributed by atoms with van der Waals surface area (Å²) >= 11 is 0. The van der Waals surface area contributed by atoms with E-state index in [1.165, 1.54) is 5.56 Å². The molecule has 5 nitrogen and oxygen atoms in total. The molecule has 0 bridgehead atoms. The van der Waals surface area contributed by atoms with Crippen LogP contribution in [0.5, 0.6) is 11.5 Å². The molecule has 1 amide bonds. The van der Waals surface area contributed by atoms with Crippen LogP contribution in [0.25, 0.3) is 0 Å². The van der Waals surface area contributed by atoms with Crippen molar-refractivity contribution in [3.05, 3.63) is 59.7 Å². The standard InChI is InChI=1S/C22H27NO4/c1-17-9-11-18(12-10-17)26-15-13-23(2)22(24)20-7-3-4-8-21(20)27-16-19-6-5-14-25-19/h3-4,7-12,19H,5-6,13-16H2,1-2H3. The fraction of sp³-hybridized carbons (Fsp3) is 0.409. The smallest absolute Gasteiger partial charge is 0.257 e. The van der Waals surface area contributed by atoms with Crippen LogP contribution >= 0.6 is 0 Å². The van der Waals surface area contributed by atoms with Crippen molar-refractivity contribution >= 4 is 5.91 Å². The number of ether oxygens (including phenoxy) is 3. The highest BCUT2D eigenvalue weighted by molar-refractivity contribution is 5.96. The zero-order valence-corrected chi connectivity index (χ0v) is 16.0. The number of benzene rings is 2. The van der Waals surface area contributed by atoms with Crippen LogP contribution in [0.15, 0.2) is 48.5 Å². The van der Waals surface area contributed by atoms with E-state index in [2.05, 4.69) is 0 Å². The summed E-state index contributed by atoms with van der Waals surface area (Å²) in [6.45, 7) is 4.23. The molecule has 1 fully saturated rings. The van der Waals surface area contributed by atoms with Crippen molar-refractivity contribution in [1.82, 2.24) is 4.90 Å². The lowest BCUT2D eigenvalue weighted by Gasteiger charge is -2.20. The van der Waals surface area contributed by atoms with Gasteiger partial charge in [0.1, 0.15) is 24.7 Å². The third-order valence-electron chi connectivity index (χ3n) is 4.63. The van der Waals surface area contributed by atoms with Gasteiger partial charge in [-0.05, 0) is 44.0 Å². The molecule has 1 saturated heterocycles. The van der Waals surface area contributed by atoms with Gasteiger partial charge in [-0.1, -0.05) is 29.8 Å². The number of rotatable bonds is 8. The summed E-state index contributed by atoms with van der Waals surface area (Å²) in [5.41, 5.74) is 1.75. The van der Waals surface area contributed by atoms with Crippen LogP contribution in [0.4, 0.5) is 0 Å². The predicted molar refractivity (Wildman–Crippen MR) is 105 cm³/mol. The van der Waals surface area contributed by atoms with Crippen molar-refractivity contribution in [2.45, 2.75) is 25.9 Å². The first-order valence-electron chi connectivity index (χ1n) is 9.42. The maximum atomic E-state index is 12.8. The summed E-state index contributed by atoms with van der Waals surface area (Å²) in [5.74, 6) is 1.33. The van der Waals surface area contributed by atoms with Crippen LogP contribution in [-0.2, 0) is 4.74 Å². The van der Waals surface area contributed by atoms with E-state index in [1.807, 2.05) is 49.4 Å². The minimum absolute atomic E-state index is 0.0783. The molecular formula is C22H27NO4. The van der Waals surface area contributed by atoms with Gasteiger partial charge in [0.2, 0.25) is 0 Å². The molecule has 1 aliphatic rings. The van der Waals surface area contributed by atoms with E-state index in [0.29, 0.717) is 31.1 Å². The minimum atomic E-state index is -0.0783. The molecule has 0 spiro atoms. The van der Waals surface area contributed by atoms with E-state index in [9.17, 15) is 4.79 Å². The molecular weight excluding hydrogens is 342 g/mol. The lowest BCUT2D eigenvalue weighted by Crippen LogP contribution is -2.31. The summed E-state index contributed by atoms with van der Waals surface area (Å²) in [7, 11) is 1.78. The van der Waals surface area contributed by atoms with Crippen LogP contribution in [0, 0.1) is 6.92 Å². The molecule has 1 atom stereocenters. The quantitative estimate of drug-likeness (QED) is 0.712. The summed E-state index contributed by atoms with van der Waals surface area (Å²) in [4.78, 5) is 14.5. The second kappa shape index (κ2) is 9.42. The summed E-state index contributed by atoms with van der Waals surface area (Å²) in [6, 6.07) is 15.2. The second-order valence-electron chi connectivity index (χ2n) is 6.83. The Morgan fingerprint density at radius 1 is 1.15 bits per heavy atom. The first kappa shape index (κ1) is 19.2. The van der Waals surface area contributed by atoms with E-state index in [1.54, 1.807) is 18.0 Å². The van der Waals surface area contributed by atoms with E-state index in [-0.39, 0.29) is 12.0 Å². The van der Waals surface area contributed by atoms with E-state index in [4.69, 9.17) is 14.2 Å². The average molecular weight is 369 g/mol. The predicted octanol–water partition coefficient (Wildman–Crippen LogP) is 3.70. The number of hydrogen-bond acceptors (Lipinski definition) is 4. The van der Waals surface area contributed by atoms with Crippen LogP contribution in [0.3, 0.4) is 0 Å². The maximum absolute atomic E-state index is 12.8. The van der Waals surface area contributed by atoms with Crippen molar-refractivity contribution < 1.29 is 19.0 Å². The van der Waals surface area contributed by atoms with Gasteiger partial charge in [0.05, 0.1) is 18.2 Å². The Morgan fingerprint density at radius 3 is 2.67 bits per heavy atom. The molecule has 0 N–H and O–H groups in total. The molecule has 0 aromatic heterocycles. The van der Waals surface area contributed by atoms with Crippen molar-refractivity contribution in [3.8, 4) is 11.5 Å². The highest BCUT2D eigenvalue weighted by atomic mass is 16.5. The zero-order valence-electron chi connectivity index (χ0n) is 16.0. The molecule has 1 unspecified atom stereocenters. The number of para-hydroxylation sites is 1. The SMILES string of the molecule is Cc1ccc(OCCN(C)C(=O)c2ccccc2OCC2CCCO2)cc1. The van der Waals surface area contributed by atoms with Gasteiger partial charge in [-0.2, -0.15) is 0 Å². The molecule has 144 valence electrons. The molecule has 2 aromatic rings. The molecule has 2 aromatic carbocycles. The number of nitrogens with zero attached hydrogens (tertiary/aromatic N) is 1. The molecule has 1 heterocycles. The van der Waals surface area contributed by atoms with Crippen molar-refractivity contribution in [1.29, 1.82) is 0 Å². The molecule has 0 saturated carbocycles. The molecule has 5 heteroatoms. The fourth-order valence-electron chi connectivity index (χ4n) is 2.97. The van der Waals surface area contributed by atoms with Crippen LogP contribution in [0.1, 0.15) is 28.8 Å². The van der Waals surface area contributed by atoms with Gasteiger partial charge in [0, 0.05) is 13.7 Å². The fourth-order valence-corrected chi connectivity index (χ4v) is 2.97. The Kier molecular flexibility index (Phi) is 6.71. The maximum Gasteiger partial charge on any atom is 0.257 e. The molecule has 1 aliphatic heterocycles. The van der Waals surface area contributed by atoms with Gasteiger partial charge < -0.3 is 19.1 Å². The Labute approximate surface area is 160 Å². The van der Waals surface area contributed by atoms with E-state index in [0.717, 1.165) is 25.2 Å². The van der Waals surface area contributed by atoms with Crippen molar-refractivity contribution in [3.63, 3.8) is 0 Å². The highest BCUT2D eigenvalue weighted by Crippen LogP contribution is 2.21. The summed E-state index contributed by atoms with van der Waals surface area (Å²) in [6.07, 6.45) is 2.19. The third kappa shape index (κ3) is 5.47. The van der Waals surface area contributed by atoms with Crippen LogP contribution in [0.2, 0.25) is 0 Å². The molecule has 0 aliphatic carbocycles.